The summed E-state index contributed by atoms with van der Waals surface area (Å²) >= 11 is 1.52. The molecule has 1 aromatic heterocycles. The molecule has 0 amide bonds. The fourth-order valence-corrected chi connectivity index (χ4v) is 3.55. The fourth-order valence-electron chi connectivity index (χ4n) is 2.84. The molecular formula is C20H19N3O4S. The minimum absolute atomic E-state index is 0.436. The molecule has 8 heteroatoms. The number of aromatic nitrogens is 2. The molecule has 0 N–H and O–H groups in total. The molecule has 0 spiro atoms. The van der Waals surface area contributed by atoms with Gasteiger partial charge in [-0.15, -0.1) is 0 Å². The molecule has 0 saturated heterocycles. The lowest BCUT2D eigenvalue weighted by Gasteiger charge is -2.16. The van der Waals surface area contributed by atoms with Gasteiger partial charge in [0.2, 0.25) is 11.7 Å². The van der Waals surface area contributed by atoms with E-state index in [0.29, 0.717) is 41.1 Å². The van der Waals surface area contributed by atoms with E-state index < -0.39 is 0 Å². The molecule has 0 aliphatic carbocycles. The summed E-state index contributed by atoms with van der Waals surface area (Å²) in [6, 6.07) is 11.5. The van der Waals surface area contributed by atoms with Gasteiger partial charge in [-0.2, -0.15) is 4.98 Å². The maximum Gasteiger partial charge on any atom is 0.237 e. The second kappa shape index (κ2) is 7.93. The molecule has 0 bridgehead atoms. The molecule has 28 heavy (non-hydrogen) atoms. The van der Waals surface area contributed by atoms with Crippen molar-refractivity contribution in [1.82, 2.24) is 10.1 Å². The topological polar surface area (TPSA) is 79.0 Å². The zero-order valence-corrected chi connectivity index (χ0v) is 16.6. The molecule has 3 aromatic rings. The Kier molecular flexibility index (Phi) is 5.21. The Morgan fingerprint density at radius 2 is 2.04 bits per heavy atom. The van der Waals surface area contributed by atoms with Crippen molar-refractivity contribution in [1.29, 1.82) is 0 Å². The van der Waals surface area contributed by atoms with Gasteiger partial charge in [0.25, 0.3) is 0 Å². The smallest absolute Gasteiger partial charge is 0.237 e. The predicted octanol–water partition coefficient (Wildman–Crippen LogP) is 4.42. The van der Waals surface area contributed by atoms with Crippen LogP contribution in [0.5, 0.6) is 17.2 Å². The molecule has 2 aromatic carbocycles. The van der Waals surface area contributed by atoms with Crippen LogP contribution in [0.2, 0.25) is 0 Å². The number of hydrogen-bond acceptors (Lipinski definition) is 8. The lowest BCUT2D eigenvalue weighted by Crippen LogP contribution is -2.12. The van der Waals surface area contributed by atoms with Crippen LogP contribution in [0.25, 0.3) is 11.4 Å². The molecule has 0 unspecified atom stereocenters. The number of methoxy groups -OCH3 is 2. The van der Waals surface area contributed by atoms with Crippen LogP contribution in [-0.2, 0) is 5.75 Å². The van der Waals surface area contributed by atoms with E-state index in [4.69, 9.17) is 18.7 Å². The number of aryl methyl sites for hydroxylation is 1. The number of thioether (sulfide) groups is 1. The zero-order chi connectivity index (χ0) is 19.5. The predicted molar refractivity (Wildman–Crippen MR) is 108 cm³/mol. The van der Waals surface area contributed by atoms with Crippen LogP contribution in [0.15, 0.2) is 45.9 Å². The maximum atomic E-state index is 5.79. The number of para-hydroxylation sites is 1. The molecule has 0 fully saturated rings. The average molecular weight is 397 g/mol. The van der Waals surface area contributed by atoms with Gasteiger partial charge in [0.1, 0.15) is 23.1 Å². The van der Waals surface area contributed by atoms with Crippen molar-refractivity contribution in [2.45, 2.75) is 12.7 Å². The first-order valence-corrected chi connectivity index (χ1v) is 9.64. The summed E-state index contributed by atoms with van der Waals surface area (Å²) in [6.45, 7) is 2.47. The summed E-state index contributed by atoms with van der Waals surface area (Å²) in [6.07, 6.45) is 0. The molecule has 0 saturated carbocycles. The van der Waals surface area contributed by atoms with Crippen LogP contribution >= 0.6 is 11.8 Å². The van der Waals surface area contributed by atoms with Gasteiger partial charge in [-0.25, -0.2) is 4.99 Å². The van der Waals surface area contributed by atoms with Crippen LogP contribution in [0.3, 0.4) is 0 Å². The van der Waals surface area contributed by atoms with E-state index >= 15 is 0 Å². The summed E-state index contributed by atoms with van der Waals surface area (Å²) in [4.78, 5) is 9.12. The van der Waals surface area contributed by atoms with E-state index in [1.807, 2.05) is 43.3 Å². The van der Waals surface area contributed by atoms with Gasteiger partial charge < -0.3 is 18.7 Å². The van der Waals surface area contributed by atoms with E-state index in [1.54, 1.807) is 14.2 Å². The molecule has 0 atom stereocenters. The van der Waals surface area contributed by atoms with Crippen molar-refractivity contribution in [3.8, 4) is 28.6 Å². The highest BCUT2D eigenvalue weighted by atomic mass is 32.2. The van der Waals surface area contributed by atoms with Crippen molar-refractivity contribution in [3.05, 3.63) is 47.9 Å². The van der Waals surface area contributed by atoms with Gasteiger partial charge in [0.05, 0.1) is 25.5 Å². The third-order valence-corrected chi connectivity index (χ3v) is 5.12. The van der Waals surface area contributed by atoms with E-state index in [9.17, 15) is 0 Å². The minimum atomic E-state index is 0.436. The highest BCUT2D eigenvalue weighted by Crippen LogP contribution is 2.37. The highest BCUT2D eigenvalue weighted by Gasteiger charge is 2.18. The molecule has 1 aliphatic rings. The quantitative estimate of drug-likeness (QED) is 0.630. The monoisotopic (exact) mass is 397 g/mol. The fraction of sp³-hybridized carbons (Fsp3) is 0.250. The Hall–Kier alpha value is -3.00. The number of fused-ring (bicyclic) bond motifs is 1. The van der Waals surface area contributed by atoms with Crippen molar-refractivity contribution < 1.29 is 18.7 Å². The van der Waals surface area contributed by atoms with Crippen LogP contribution < -0.4 is 14.2 Å². The van der Waals surface area contributed by atoms with Crippen molar-refractivity contribution in [3.63, 3.8) is 0 Å². The summed E-state index contributed by atoms with van der Waals surface area (Å²) in [5.74, 6) is 3.46. The van der Waals surface area contributed by atoms with Crippen LogP contribution in [0.4, 0.5) is 5.69 Å². The maximum absolute atomic E-state index is 5.79. The molecule has 0 radical (unpaired) electrons. The normalized spacial score (nSPS) is 12.8. The number of rotatable bonds is 5. The zero-order valence-electron chi connectivity index (χ0n) is 15.8. The Labute approximate surface area is 166 Å². The Bertz CT molecular complexity index is 1030. The Morgan fingerprint density at radius 1 is 1.14 bits per heavy atom. The Morgan fingerprint density at radius 3 is 2.86 bits per heavy atom. The van der Waals surface area contributed by atoms with Gasteiger partial charge in [-0.3, -0.25) is 0 Å². The van der Waals surface area contributed by atoms with Crippen LogP contribution in [-0.4, -0.2) is 36.0 Å². The lowest BCUT2D eigenvalue weighted by molar-refractivity contribution is 0.355. The van der Waals surface area contributed by atoms with E-state index in [-0.39, 0.29) is 0 Å². The van der Waals surface area contributed by atoms with Crippen molar-refractivity contribution in [2.24, 2.45) is 4.99 Å². The summed E-state index contributed by atoms with van der Waals surface area (Å²) < 4.78 is 21.9. The second-order valence-corrected chi connectivity index (χ2v) is 7.16. The SMILES string of the molecule is COc1cccc(-c2noc(CSC3=Nc4ccc(C)cc4OC3)n2)c1OC. The lowest BCUT2D eigenvalue weighted by atomic mass is 10.2. The highest BCUT2D eigenvalue weighted by molar-refractivity contribution is 8.13. The molecular weight excluding hydrogens is 378 g/mol. The molecule has 2 heterocycles. The summed E-state index contributed by atoms with van der Waals surface area (Å²) in [5, 5.41) is 4.94. The number of ether oxygens (including phenoxy) is 3. The van der Waals surface area contributed by atoms with Gasteiger partial charge in [-0.1, -0.05) is 29.1 Å². The number of benzene rings is 2. The van der Waals surface area contributed by atoms with Crippen molar-refractivity contribution in [2.75, 3.05) is 20.8 Å². The largest absolute Gasteiger partial charge is 0.493 e. The average Bonchev–Trinajstić information content (AvgIpc) is 3.20. The third kappa shape index (κ3) is 3.68. The number of aliphatic imine (C=N–C) groups is 1. The molecule has 7 nitrogen and oxygen atoms in total. The van der Waals surface area contributed by atoms with Crippen LogP contribution in [0, 0.1) is 6.92 Å². The van der Waals surface area contributed by atoms with Crippen LogP contribution in [0.1, 0.15) is 11.5 Å². The molecule has 1 aliphatic heterocycles. The number of hydrogen-bond donors (Lipinski definition) is 0. The minimum Gasteiger partial charge on any atom is -0.493 e. The van der Waals surface area contributed by atoms with E-state index in [1.165, 1.54) is 11.8 Å². The summed E-state index contributed by atoms with van der Waals surface area (Å²) in [5.41, 5.74) is 2.70. The number of nitrogens with zero attached hydrogens (tertiary/aromatic N) is 3. The first kappa shape index (κ1) is 18.4. The standard InChI is InChI=1S/C20H19N3O4S/c1-12-7-8-14-16(9-12)26-10-18(21-14)28-11-17-22-20(23-27-17)13-5-4-6-15(24-2)19(13)25-3/h4-9H,10-11H2,1-3H3. The van der Waals surface area contributed by atoms with E-state index in [0.717, 1.165) is 22.0 Å². The van der Waals surface area contributed by atoms with Gasteiger partial charge in [-0.05, 0) is 36.8 Å². The van der Waals surface area contributed by atoms with E-state index in [2.05, 4.69) is 15.1 Å². The second-order valence-electron chi connectivity index (χ2n) is 6.11. The first-order valence-electron chi connectivity index (χ1n) is 8.65. The molecule has 144 valence electrons. The third-order valence-electron chi connectivity index (χ3n) is 4.19. The van der Waals surface area contributed by atoms with Gasteiger partial charge in [0.15, 0.2) is 11.5 Å². The first-order chi connectivity index (χ1) is 13.7. The molecule has 4 rings (SSSR count). The summed E-state index contributed by atoms with van der Waals surface area (Å²) in [7, 11) is 3.17. The Balaban J connectivity index is 1.49. The van der Waals surface area contributed by atoms with Gasteiger partial charge >= 0.3 is 0 Å². The van der Waals surface area contributed by atoms with Crippen molar-refractivity contribution >= 4 is 22.5 Å². The van der Waals surface area contributed by atoms with Gasteiger partial charge in [0, 0.05) is 0 Å².